The number of rotatable bonds is 8. The number of ether oxygens (including phenoxy) is 4. The quantitative estimate of drug-likeness (QED) is 0.434. The fourth-order valence-electron chi connectivity index (χ4n) is 3.31. The first-order valence-corrected chi connectivity index (χ1v) is 10.2. The smallest absolute Gasteiger partial charge is 0.416 e. The van der Waals surface area contributed by atoms with Crippen LogP contribution in [-0.4, -0.2) is 33.2 Å². The summed E-state index contributed by atoms with van der Waals surface area (Å²) in [6, 6.07) is 15.1. The molecule has 0 aliphatic heterocycles. The SMILES string of the molecule is COc1ccc(C(=O)OC(C(=O)Nc2cccc(C(F)(F)F)c2)c2ccccc2)c(OC)c1OC. The summed E-state index contributed by atoms with van der Waals surface area (Å²) in [7, 11) is 4.10. The van der Waals surface area contributed by atoms with Gasteiger partial charge in [-0.25, -0.2) is 4.79 Å². The van der Waals surface area contributed by atoms with Crippen LogP contribution in [0.2, 0.25) is 0 Å². The number of halogens is 3. The van der Waals surface area contributed by atoms with E-state index in [9.17, 15) is 22.8 Å². The van der Waals surface area contributed by atoms with Crippen molar-refractivity contribution >= 4 is 17.6 Å². The lowest BCUT2D eigenvalue weighted by Crippen LogP contribution is -2.26. The zero-order valence-electron chi connectivity index (χ0n) is 19.0. The molecular weight excluding hydrogens is 467 g/mol. The summed E-state index contributed by atoms with van der Waals surface area (Å²) in [5, 5.41) is 2.39. The number of methoxy groups -OCH3 is 3. The number of carbonyl (C=O) groups is 2. The molecule has 3 rings (SSSR count). The van der Waals surface area contributed by atoms with Crippen LogP contribution < -0.4 is 19.5 Å². The third kappa shape index (κ3) is 5.84. The highest BCUT2D eigenvalue weighted by molar-refractivity contribution is 5.99. The van der Waals surface area contributed by atoms with Crippen LogP contribution in [0.1, 0.15) is 27.6 Å². The molecule has 1 atom stereocenters. The van der Waals surface area contributed by atoms with Crippen molar-refractivity contribution in [1.29, 1.82) is 0 Å². The van der Waals surface area contributed by atoms with Gasteiger partial charge in [0, 0.05) is 11.3 Å². The molecule has 35 heavy (non-hydrogen) atoms. The Hall–Kier alpha value is -4.21. The maximum absolute atomic E-state index is 13.1. The van der Waals surface area contributed by atoms with E-state index in [0.717, 1.165) is 18.2 Å². The molecule has 1 unspecified atom stereocenters. The molecule has 3 aromatic carbocycles. The van der Waals surface area contributed by atoms with Gasteiger partial charge in [0.2, 0.25) is 11.9 Å². The van der Waals surface area contributed by atoms with Crippen LogP contribution in [0.4, 0.5) is 18.9 Å². The monoisotopic (exact) mass is 489 g/mol. The van der Waals surface area contributed by atoms with Gasteiger partial charge in [0.25, 0.3) is 5.91 Å². The molecule has 3 aromatic rings. The Morgan fingerprint density at radius 3 is 2.11 bits per heavy atom. The highest BCUT2D eigenvalue weighted by atomic mass is 19.4. The maximum Gasteiger partial charge on any atom is 0.416 e. The molecule has 0 saturated carbocycles. The van der Waals surface area contributed by atoms with Gasteiger partial charge in [0.1, 0.15) is 5.56 Å². The van der Waals surface area contributed by atoms with Crippen LogP contribution in [-0.2, 0) is 15.7 Å². The van der Waals surface area contributed by atoms with Crippen molar-refractivity contribution in [1.82, 2.24) is 0 Å². The number of esters is 1. The van der Waals surface area contributed by atoms with Gasteiger partial charge >= 0.3 is 12.1 Å². The Labute approximate surface area is 199 Å². The van der Waals surface area contributed by atoms with Crippen LogP contribution in [0.15, 0.2) is 66.7 Å². The number of hydrogen-bond acceptors (Lipinski definition) is 6. The van der Waals surface area contributed by atoms with E-state index in [1.807, 2.05) is 0 Å². The number of hydrogen-bond donors (Lipinski definition) is 1. The Kier molecular flexibility index (Phi) is 7.85. The van der Waals surface area contributed by atoms with Crippen molar-refractivity contribution in [2.75, 3.05) is 26.6 Å². The highest BCUT2D eigenvalue weighted by Crippen LogP contribution is 2.40. The molecule has 1 N–H and O–H groups in total. The fourth-order valence-corrected chi connectivity index (χ4v) is 3.31. The summed E-state index contributed by atoms with van der Waals surface area (Å²) >= 11 is 0. The van der Waals surface area contributed by atoms with Crippen molar-refractivity contribution in [3.8, 4) is 17.2 Å². The van der Waals surface area contributed by atoms with E-state index in [1.54, 1.807) is 30.3 Å². The van der Waals surface area contributed by atoms with Gasteiger partial charge < -0.3 is 24.3 Å². The molecule has 0 fully saturated rings. The van der Waals surface area contributed by atoms with Crippen molar-refractivity contribution < 1.29 is 41.7 Å². The summed E-state index contributed by atoms with van der Waals surface area (Å²) in [4.78, 5) is 26.2. The summed E-state index contributed by atoms with van der Waals surface area (Å²) in [5.41, 5.74) is -0.771. The van der Waals surface area contributed by atoms with E-state index in [0.29, 0.717) is 11.3 Å². The zero-order chi connectivity index (χ0) is 25.6. The summed E-state index contributed by atoms with van der Waals surface area (Å²) in [6.45, 7) is 0. The van der Waals surface area contributed by atoms with E-state index in [4.69, 9.17) is 18.9 Å². The summed E-state index contributed by atoms with van der Waals surface area (Å²) in [6.07, 6.45) is -6.06. The molecular formula is C25H22F3NO6. The topological polar surface area (TPSA) is 83.1 Å². The van der Waals surface area contributed by atoms with E-state index in [1.165, 1.54) is 39.5 Å². The van der Waals surface area contributed by atoms with E-state index < -0.39 is 29.7 Å². The van der Waals surface area contributed by atoms with Crippen molar-refractivity contribution in [2.24, 2.45) is 0 Å². The second kappa shape index (κ2) is 10.8. The molecule has 0 saturated heterocycles. The minimum absolute atomic E-state index is 0.0296. The van der Waals surface area contributed by atoms with E-state index in [2.05, 4.69) is 5.32 Å². The molecule has 184 valence electrons. The predicted octanol–water partition coefficient (Wildman–Crippen LogP) is 5.27. The number of anilines is 1. The van der Waals surface area contributed by atoms with Crippen LogP contribution >= 0.6 is 0 Å². The molecule has 1 amide bonds. The molecule has 0 aromatic heterocycles. The molecule has 0 bridgehead atoms. The largest absolute Gasteiger partial charge is 0.493 e. The zero-order valence-corrected chi connectivity index (χ0v) is 19.0. The average molecular weight is 489 g/mol. The van der Waals surface area contributed by atoms with Crippen molar-refractivity contribution in [3.63, 3.8) is 0 Å². The van der Waals surface area contributed by atoms with Crippen LogP contribution in [0.25, 0.3) is 0 Å². The fraction of sp³-hybridized carbons (Fsp3) is 0.200. The number of alkyl halides is 3. The lowest BCUT2D eigenvalue weighted by Gasteiger charge is -2.20. The van der Waals surface area contributed by atoms with Crippen LogP contribution in [0.5, 0.6) is 17.2 Å². The number of benzene rings is 3. The normalized spacial score (nSPS) is 11.8. The van der Waals surface area contributed by atoms with Gasteiger partial charge in [0.15, 0.2) is 11.5 Å². The second-order valence-corrected chi connectivity index (χ2v) is 7.15. The Morgan fingerprint density at radius 1 is 0.829 bits per heavy atom. The molecule has 10 heteroatoms. The first-order valence-electron chi connectivity index (χ1n) is 10.2. The summed E-state index contributed by atoms with van der Waals surface area (Å²) < 4.78 is 60.5. The first-order chi connectivity index (χ1) is 16.7. The summed E-state index contributed by atoms with van der Waals surface area (Å²) in [5.74, 6) is -1.28. The van der Waals surface area contributed by atoms with Crippen molar-refractivity contribution in [3.05, 3.63) is 83.4 Å². The highest BCUT2D eigenvalue weighted by Gasteiger charge is 2.32. The lowest BCUT2D eigenvalue weighted by atomic mass is 10.1. The molecule has 0 aliphatic rings. The predicted molar refractivity (Wildman–Crippen MR) is 121 cm³/mol. The molecule has 0 radical (unpaired) electrons. The standard InChI is InChI=1S/C25H22F3NO6/c1-32-19-13-12-18(21(33-2)22(19)34-3)24(31)35-20(15-8-5-4-6-9-15)23(30)29-17-11-7-10-16(14-17)25(26,27)28/h4-14,20H,1-3H3,(H,29,30). The number of amides is 1. The van der Waals surface area contributed by atoms with E-state index in [-0.39, 0.29) is 22.7 Å². The lowest BCUT2D eigenvalue weighted by molar-refractivity contribution is -0.137. The Balaban J connectivity index is 1.94. The van der Waals surface area contributed by atoms with Crippen molar-refractivity contribution in [2.45, 2.75) is 12.3 Å². The number of nitrogens with one attached hydrogen (secondary N) is 1. The molecule has 0 heterocycles. The first kappa shape index (κ1) is 25.4. The van der Waals surface area contributed by atoms with Crippen LogP contribution in [0, 0.1) is 0 Å². The minimum Gasteiger partial charge on any atom is -0.493 e. The molecule has 7 nitrogen and oxygen atoms in total. The van der Waals surface area contributed by atoms with E-state index >= 15 is 0 Å². The second-order valence-electron chi connectivity index (χ2n) is 7.15. The average Bonchev–Trinajstić information content (AvgIpc) is 2.86. The van der Waals surface area contributed by atoms with Crippen LogP contribution in [0.3, 0.4) is 0 Å². The Morgan fingerprint density at radius 2 is 1.51 bits per heavy atom. The minimum atomic E-state index is -4.59. The van der Waals surface area contributed by atoms with Gasteiger partial charge in [0.05, 0.1) is 26.9 Å². The van der Waals surface area contributed by atoms with Gasteiger partial charge in [-0.2, -0.15) is 13.2 Å². The Bertz CT molecular complexity index is 1200. The number of carbonyl (C=O) groups excluding carboxylic acids is 2. The molecule has 0 aliphatic carbocycles. The van der Waals surface area contributed by atoms with Gasteiger partial charge in [-0.1, -0.05) is 36.4 Å². The van der Waals surface area contributed by atoms with Gasteiger partial charge in [-0.05, 0) is 30.3 Å². The van der Waals surface area contributed by atoms with Gasteiger partial charge in [-0.15, -0.1) is 0 Å². The molecule has 0 spiro atoms. The maximum atomic E-state index is 13.1. The third-order valence-electron chi connectivity index (χ3n) is 4.95. The van der Waals surface area contributed by atoms with Gasteiger partial charge in [-0.3, -0.25) is 4.79 Å². The third-order valence-corrected chi connectivity index (χ3v) is 4.95.